The van der Waals surface area contributed by atoms with Crippen molar-refractivity contribution in [1.29, 1.82) is 0 Å². The van der Waals surface area contributed by atoms with Gasteiger partial charge in [0.15, 0.2) is 15.7 Å². The molecular formula is C17H21N3O6S. The second-order valence-corrected chi connectivity index (χ2v) is 8.21. The number of sulfone groups is 1. The van der Waals surface area contributed by atoms with Crippen molar-refractivity contribution in [2.24, 2.45) is 0 Å². The molecule has 0 spiro atoms. The zero-order valence-corrected chi connectivity index (χ0v) is 15.7. The summed E-state index contributed by atoms with van der Waals surface area (Å²) in [4.78, 5) is 16.2. The molecule has 0 bridgehead atoms. The fourth-order valence-corrected chi connectivity index (χ4v) is 3.90. The minimum absolute atomic E-state index is 0.00554. The lowest BCUT2D eigenvalue weighted by atomic mass is 10.2. The Morgan fingerprint density at radius 2 is 2.11 bits per heavy atom. The van der Waals surface area contributed by atoms with E-state index in [0.717, 1.165) is 12.8 Å². The molecule has 2 aromatic rings. The molecule has 9 nitrogen and oxygen atoms in total. The molecule has 1 amide bonds. The monoisotopic (exact) mass is 395 g/mol. The van der Waals surface area contributed by atoms with Crippen LogP contribution in [-0.2, 0) is 21.0 Å². The fraction of sp³-hybridized carbons (Fsp3) is 0.471. The molecule has 0 saturated carbocycles. The highest BCUT2D eigenvalue weighted by molar-refractivity contribution is 7.91. The summed E-state index contributed by atoms with van der Waals surface area (Å²) < 4.78 is 40.1. The van der Waals surface area contributed by atoms with Crippen LogP contribution in [-0.4, -0.2) is 56.6 Å². The Kier molecular flexibility index (Phi) is 6.07. The molecular weight excluding hydrogens is 374 g/mol. The van der Waals surface area contributed by atoms with E-state index in [9.17, 15) is 13.2 Å². The van der Waals surface area contributed by atoms with Gasteiger partial charge in [0.2, 0.25) is 0 Å². The smallest absolute Gasteiger partial charge is 0.315 e. The molecule has 1 atom stereocenters. The summed E-state index contributed by atoms with van der Waals surface area (Å²) >= 11 is 0. The van der Waals surface area contributed by atoms with Crippen molar-refractivity contribution >= 4 is 15.7 Å². The van der Waals surface area contributed by atoms with Gasteiger partial charge in [0, 0.05) is 19.6 Å². The standard InChI is InChI=1S/C17H21N3O6S/c1-24-12-4-6-14(7-5-12)27(22,23)10-8-15-19-17(26-20-15)16(21)18-11-13-3-2-9-25-13/h4-7,13H,2-3,8-11H2,1H3,(H,18,21)/t13-/m1/s1. The number of hydrogen-bond acceptors (Lipinski definition) is 8. The summed E-state index contributed by atoms with van der Waals surface area (Å²) in [7, 11) is -2.00. The van der Waals surface area contributed by atoms with E-state index < -0.39 is 15.7 Å². The molecule has 0 radical (unpaired) electrons. The summed E-state index contributed by atoms with van der Waals surface area (Å²) in [6.07, 6.45) is 1.93. The van der Waals surface area contributed by atoms with Crippen molar-refractivity contribution in [1.82, 2.24) is 15.5 Å². The summed E-state index contributed by atoms with van der Waals surface area (Å²) in [5, 5.41) is 6.35. The first-order chi connectivity index (χ1) is 13.0. The van der Waals surface area contributed by atoms with E-state index in [1.54, 1.807) is 12.1 Å². The van der Waals surface area contributed by atoms with Crippen molar-refractivity contribution in [2.75, 3.05) is 26.0 Å². The third-order valence-electron chi connectivity index (χ3n) is 4.19. The van der Waals surface area contributed by atoms with Gasteiger partial charge in [-0.1, -0.05) is 5.16 Å². The molecule has 10 heteroatoms. The molecule has 1 aliphatic rings. The topological polar surface area (TPSA) is 121 Å². The van der Waals surface area contributed by atoms with Crippen molar-refractivity contribution in [3.05, 3.63) is 36.0 Å². The van der Waals surface area contributed by atoms with Crippen LogP contribution in [0.3, 0.4) is 0 Å². The number of nitrogens with one attached hydrogen (secondary N) is 1. The minimum atomic E-state index is -3.51. The van der Waals surface area contributed by atoms with E-state index in [1.165, 1.54) is 19.2 Å². The Labute approximate surface area is 157 Å². The molecule has 1 N–H and O–H groups in total. The van der Waals surface area contributed by atoms with Crippen molar-refractivity contribution < 1.29 is 27.2 Å². The first kappa shape index (κ1) is 19.3. The van der Waals surface area contributed by atoms with Gasteiger partial charge in [-0.3, -0.25) is 4.79 Å². The van der Waals surface area contributed by atoms with Gasteiger partial charge in [-0.15, -0.1) is 0 Å². The maximum atomic E-state index is 12.4. The number of carbonyl (C=O) groups excluding carboxylic acids is 1. The largest absolute Gasteiger partial charge is 0.497 e. The van der Waals surface area contributed by atoms with Crippen LogP contribution in [0.15, 0.2) is 33.7 Å². The highest BCUT2D eigenvalue weighted by Gasteiger charge is 2.21. The highest BCUT2D eigenvalue weighted by Crippen LogP contribution is 2.17. The van der Waals surface area contributed by atoms with Crippen LogP contribution in [0.2, 0.25) is 0 Å². The third kappa shape index (κ3) is 5.04. The van der Waals surface area contributed by atoms with Gasteiger partial charge in [0.1, 0.15) is 5.75 Å². The molecule has 1 saturated heterocycles. The summed E-state index contributed by atoms with van der Waals surface area (Å²) in [5.41, 5.74) is 0. The number of amides is 1. The van der Waals surface area contributed by atoms with Gasteiger partial charge in [0.25, 0.3) is 0 Å². The molecule has 0 unspecified atom stereocenters. The lowest BCUT2D eigenvalue weighted by molar-refractivity contribution is 0.0822. The second kappa shape index (κ2) is 8.49. The number of aryl methyl sites for hydroxylation is 1. The van der Waals surface area contributed by atoms with Crippen molar-refractivity contribution in [3.8, 4) is 5.75 Å². The third-order valence-corrected chi connectivity index (χ3v) is 5.92. The summed E-state index contributed by atoms with van der Waals surface area (Å²) in [6, 6.07) is 6.12. The number of rotatable bonds is 8. The van der Waals surface area contributed by atoms with Crippen LogP contribution >= 0.6 is 0 Å². The maximum absolute atomic E-state index is 12.4. The van der Waals surface area contributed by atoms with E-state index in [-0.39, 0.29) is 34.9 Å². The zero-order valence-electron chi connectivity index (χ0n) is 14.9. The van der Waals surface area contributed by atoms with Gasteiger partial charge in [0.05, 0.1) is 23.9 Å². The molecule has 1 aromatic carbocycles. The summed E-state index contributed by atoms with van der Waals surface area (Å²) in [5.74, 6) is -0.150. The number of benzene rings is 1. The molecule has 3 rings (SSSR count). The van der Waals surface area contributed by atoms with Crippen molar-refractivity contribution in [2.45, 2.75) is 30.3 Å². The van der Waals surface area contributed by atoms with Gasteiger partial charge < -0.3 is 19.3 Å². The Morgan fingerprint density at radius 1 is 1.33 bits per heavy atom. The zero-order chi connectivity index (χ0) is 19.3. The molecule has 2 heterocycles. The van der Waals surface area contributed by atoms with Gasteiger partial charge in [-0.25, -0.2) is 8.42 Å². The van der Waals surface area contributed by atoms with Crippen molar-refractivity contribution in [3.63, 3.8) is 0 Å². The molecule has 0 aliphatic carbocycles. The molecule has 1 aromatic heterocycles. The van der Waals surface area contributed by atoms with Gasteiger partial charge in [-0.05, 0) is 37.1 Å². The molecule has 27 heavy (non-hydrogen) atoms. The average molecular weight is 395 g/mol. The van der Waals surface area contributed by atoms with Crippen LogP contribution in [0, 0.1) is 0 Å². The van der Waals surface area contributed by atoms with E-state index in [4.69, 9.17) is 14.0 Å². The quantitative estimate of drug-likeness (QED) is 0.703. The van der Waals surface area contributed by atoms with Crippen LogP contribution in [0.5, 0.6) is 5.75 Å². The maximum Gasteiger partial charge on any atom is 0.315 e. The number of nitrogens with zero attached hydrogens (tertiary/aromatic N) is 2. The lowest BCUT2D eigenvalue weighted by Gasteiger charge is -2.08. The normalized spacial score (nSPS) is 17.0. The number of methoxy groups -OCH3 is 1. The van der Waals surface area contributed by atoms with E-state index >= 15 is 0 Å². The minimum Gasteiger partial charge on any atom is -0.497 e. The fourth-order valence-electron chi connectivity index (χ4n) is 2.66. The SMILES string of the molecule is COc1ccc(S(=O)(=O)CCc2noc(C(=O)NC[C@H]3CCCO3)n2)cc1. The average Bonchev–Trinajstić information content (AvgIpc) is 3.36. The second-order valence-electron chi connectivity index (χ2n) is 6.11. The number of carbonyl (C=O) groups is 1. The molecule has 1 aliphatic heterocycles. The van der Waals surface area contributed by atoms with Crippen LogP contribution < -0.4 is 10.1 Å². The summed E-state index contributed by atoms with van der Waals surface area (Å²) in [6.45, 7) is 1.08. The lowest BCUT2D eigenvalue weighted by Crippen LogP contribution is -2.31. The highest BCUT2D eigenvalue weighted by atomic mass is 32.2. The molecule has 1 fully saturated rings. The molecule has 146 valence electrons. The Hall–Kier alpha value is -2.46. The Morgan fingerprint density at radius 3 is 2.78 bits per heavy atom. The number of ether oxygens (including phenoxy) is 2. The first-order valence-electron chi connectivity index (χ1n) is 8.57. The predicted molar refractivity (Wildman–Crippen MR) is 94.4 cm³/mol. The predicted octanol–water partition coefficient (Wildman–Crippen LogP) is 1.00. The van der Waals surface area contributed by atoms with Crippen LogP contribution in [0.25, 0.3) is 0 Å². The van der Waals surface area contributed by atoms with Crippen LogP contribution in [0.1, 0.15) is 29.4 Å². The van der Waals surface area contributed by atoms with E-state index in [0.29, 0.717) is 18.9 Å². The Balaban J connectivity index is 1.54. The van der Waals surface area contributed by atoms with Gasteiger partial charge >= 0.3 is 11.8 Å². The van der Waals surface area contributed by atoms with Crippen LogP contribution in [0.4, 0.5) is 0 Å². The van der Waals surface area contributed by atoms with E-state index in [2.05, 4.69) is 15.5 Å². The van der Waals surface area contributed by atoms with Gasteiger partial charge in [-0.2, -0.15) is 4.98 Å². The number of aromatic nitrogens is 2. The first-order valence-corrected chi connectivity index (χ1v) is 10.2. The Bertz CT molecular complexity index is 872. The van der Waals surface area contributed by atoms with E-state index in [1.807, 2.05) is 0 Å². The number of hydrogen-bond donors (Lipinski definition) is 1.